The molecule has 21 heteroatoms. The molecule has 4 aliphatic rings. The molecule has 2 N–H and O–H groups in total. The number of amides is 5. The van der Waals surface area contributed by atoms with Gasteiger partial charge < -0.3 is 43.4 Å². The summed E-state index contributed by atoms with van der Waals surface area (Å²) in [6.45, 7) is 10.8. The number of carbonyl (C=O) groups excluding carboxylic acids is 7. The Morgan fingerprint density at radius 1 is 1.11 bits per heavy atom. The summed E-state index contributed by atoms with van der Waals surface area (Å²) < 4.78 is 29.0. The molecule has 1 aromatic rings. The van der Waals surface area contributed by atoms with Crippen molar-refractivity contribution in [1.82, 2.24) is 15.3 Å². The van der Waals surface area contributed by atoms with Crippen LogP contribution in [0.3, 0.4) is 0 Å². The van der Waals surface area contributed by atoms with E-state index >= 15 is 0 Å². The fourth-order valence-corrected chi connectivity index (χ4v) is 10.8. The number of anilines is 1. The highest BCUT2D eigenvalue weighted by Crippen LogP contribution is 2.49. The quantitative estimate of drug-likeness (QED) is 0.0778. The monoisotopic (exact) mass is 980 g/mol. The molecule has 5 amide bonds. The van der Waals surface area contributed by atoms with E-state index < -0.39 is 88.2 Å². The van der Waals surface area contributed by atoms with Crippen molar-refractivity contribution >= 4 is 80.5 Å². The lowest BCUT2D eigenvalue weighted by Crippen LogP contribution is -2.63. The van der Waals surface area contributed by atoms with Gasteiger partial charge in [-0.2, -0.15) is 0 Å². The normalized spacial score (nSPS) is 28.8. The highest BCUT2D eigenvalue weighted by molar-refractivity contribution is 8.77. The van der Waals surface area contributed by atoms with Gasteiger partial charge in [0.2, 0.25) is 11.8 Å². The first-order valence-corrected chi connectivity index (χ1v) is 24.3. The van der Waals surface area contributed by atoms with E-state index in [4.69, 9.17) is 40.1 Å². The number of halogens is 1. The van der Waals surface area contributed by atoms with E-state index in [2.05, 4.69) is 5.32 Å². The average Bonchev–Trinajstić information content (AvgIpc) is 3.87. The summed E-state index contributed by atoms with van der Waals surface area (Å²) in [6, 6.07) is 2.46. The number of epoxide rings is 1. The number of hydrogen-bond donors (Lipinski definition) is 2. The van der Waals surface area contributed by atoms with E-state index in [-0.39, 0.29) is 49.5 Å². The Hall–Kier alpha value is -4.34. The Labute approximate surface area is 398 Å². The summed E-state index contributed by atoms with van der Waals surface area (Å²) in [5.74, 6) is -3.29. The molecule has 66 heavy (non-hydrogen) atoms. The predicted octanol–water partition coefficient (Wildman–Crippen LogP) is 5.45. The first-order chi connectivity index (χ1) is 30.9. The molecular weight excluding hydrogens is 920 g/mol. The van der Waals surface area contributed by atoms with Crippen LogP contribution in [0.15, 0.2) is 35.9 Å². The lowest BCUT2D eigenvalue weighted by molar-refractivity contribution is -0.197. The molecule has 5 rings (SSSR count). The number of alkyl carbamates (subject to hydrolysis) is 1. The van der Waals surface area contributed by atoms with Crippen molar-refractivity contribution < 1.29 is 67.2 Å². The van der Waals surface area contributed by atoms with E-state index in [1.54, 1.807) is 45.2 Å². The number of imide groups is 1. The molecule has 364 valence electrons. The molecule has 3 saturated heterocycles. The third-order valence-corrected chi connectivity index (χ3v) is 16.1. The lowest BCUT2D eigenvalue weighted by atomic mass is 9.83. The molecule has 0 saturated carbocycles. The molecule has 0 radical (unpaired) electrons. The number of likely N-dealkylation sites (N-methyl/N-ethyl adjacent to an activating group) is 1. The van der Waals surface area contributed by atoms with Crippen molar-refractivity contribution in [2.75, 3.05) is 39.0 Å². The number of hydroxylamine groups is 2. The van der Waals surface area contributed by atoms with Gasteiger partial charge in [0.15, 0.2) is 5.72 Å². The maximum atomic E-state index is 14.3. The van der Waals surface area contributed by atoms with Gasteiger partial charge in [-0.3, -0.25) is 24.5 Å². The van der Waals surface area contributed by atoms with Gasteiger partial charge in [0, 0.05) is 63.3 Å². The van der Waals surface area contributed by atoms with Crippen LogP contribution < -0.4 is 15.0 Å². The minimum absolute atomic E-state index is 0.00912. The first-order valence-electron chi connectivity index (χ1n) is 21.7. The number of methoxy groups -OCH3 is 2. The number of aliphatic hydroxyl groups is 1. The highest BCUT2D eigenvalue weighted by Gasteiger charge is 2.64. The van der Waals surface area contributed by atoms with Gasteiger partial charge in [0.05, 0.1) is 31.7 Å². The summed E-state index contributed by atoms with van der Waals surface area (Å²) in [5.41, 5.74) is -1.11. The number of allylic oxidation sites excluding steroid dienone is 3. The second-order valence-corrected chi connectivity index (χ2v) is 21.4. The maximum absolute atomic E-state index is 14.3. The number of nitrogens with one attached hydrogen (secondary N) is 1. The van der Waals surface area contributed by atoms with Gasteiger partial charge in [0.1, 0.15) is 40.7 Å². The Bertz CT molecular complexity index is 2110. The summed E-state index contributed by atoms with van der Waals surface area (Å²) >= 11 is 6.80. The molecule has 4 bridgehead atoms. The van der Waals surface area contributed by atoms with Gasteiger partial charge in [0.25, 0.3) is 11.8 Å². The van der Waals surface area contributed by atoms with Crippen LogP contribution in [0.4, 0.5) is 10.5 Å². The molecule has 1 aromatic carbocycles. The van der Waals surface area contributed by atoms with E-state index in [1.807, 2.05) is 26.8 Å². The summed E-state index contributed by atoms with van der Waals surface area (Å²) in [5, 5.41) is 15.0. The van der Waals surface area contributed by atoms with E-state index in [9.17, 15) is 38.7 Å². The van der Waals surface area contributed by atoms with Gasteiger partial charge in [-0.25, -0.2) is 14.4 Å². The van der Waals surface area contributed by atoms with E-state index in [1.165, 1.54) is 59.6 Å². The Morgan fingerprint density at radius 3 is 2.44 bits per heavy atom. The van der Waals surface area contributed by atoms with Crippen LogP contribution in [0.1, 0.15) is 92.1 Å². The van der Waals surface area contributed by atoms with E-state index in [0.717, 1.165) is 11.1 Å². The first kappa shape index (κ1) is 52.6. The number of benzene rings is 1. The predicted molar refractivity (Wildman–Crippen MR) is 246 cm³/mol. The summed E-state index contributed by atoms with van der Waals surface area (Å²) in [6.07, 6.45) is 0.994. The average molecular weight is 982 g/mol. The molecule has 4 aliphatic heterocycles. The molecule has 4 heterocycles. The molecule has 18 nitrogen and oxygen atoms in total. The zero-order chi connectivity index (χ0) is 48.9. The van der Waals surface area contributed by atoms with Crippen LogP contribution in [0, 0.1) is 5.92 Å². The van der Waals surface area contributed by atoms with Crippen LogP contribution >= 0.6 is 33.2 Å². The van der Waals surface area contributed by atoms with Crippen LogP contribution in [-0.4, -0.2) is 137 Å². The Morgan fingerprint density at radius 2 is 1.79 bits per heavy atom. The highest BCUT2D eigenvalue weighted by atomic mass is 35.5. The van der Waals surface area contributed by atoms with Crippen LogP contribution in [0.2, 0.25) is 5.02 Å². The van der Waals surface area contributed by atoms with Gasteiger partial charge in [-0.1, -0.05) is 63.9 Å². The Balaban J connectivity index is 1.31. The molecule has 0 unspecified atom stereocenters. The minimum Gasteiger partial charge on any atom is -0.495 e. The zero-order valence-electron chi connectivity index (χ0n) is 39.0. The van der Waals surface area contributed by atoms with Crippen LogP contribution in [-0.2, 0) is 59.0 Å². The second-order valence-electron chi connectivity index (χ2n) is 17.9. The molecule has 0 spiro atoms. The number of nitrogens with zero attached hydrogens (tertiary/aromatic N) is 3. The standard InChI is InChI=1S/C45H61ClN4O14S2/c1-25-12-11-13-32(60-10)45(58)24-31(61-42(57)47-45)26(2)40-44(6,63-40)33(23-37(54)49(8)29-21-28(20-25)22-30(59-9)39(29)46)62-41(56)27(3)48(7)34(51)16-18-43(4,5)66-65-19-17-38(55)64-50-35(52)14-15-36(50)53/h11-13,21-22,26-27,31-33,40,58H,14-20,23-24H2,1-10H3,(H,47,57)/b13-11+,25-12+/t26-,27+,31+,32-,33+,40+,44+,45+/m1/s1. The topological polar surface area (TPSA) is 220 Å². The number of hydrogen-bond acceptors (Lipinski definition) is 16. The largest absolute Gasteiger partial charge is 0.495 e. The van der Waals surface area contributed by atoms with Gasteiger partial charge >= 0.3 is 18.0 Å². The SMILES string of the molecule is COc1cc2cc(c1Cl)N(C)C(=O)C[C@H](OC(=O)[C@H](C)N(C)C(=O)CCC(C)(C)SSCCC(=O)ON1C(=O)CCC1=O)[C@]1(C)O[C@H]1[C@H](C)[C@@H]1C[C@@](O)(NC(=O)O1)[C@H](OC)/C=C/C=C(\C)C2. The fraction of sp³-hybridized carbons (Fsp3) is 0.622. The zero-order valence-corrected chi connectivity index (χ0v) is 41.4. The third kappa shape index (κ3) is 12.6. The van der Waals surface area contributed by atoms with Crippen molar-refractivity contribution in [3.8, 4) is 5.75 Å². The van der Waals surface area contributed by atoms with Crippen molar-refractivity contribution in [2.24, 2.45) is 5.92 Å². The van der Waals surface area contributed by atoms with Crippen molar-refractivity contribution in [1.29, 1.82) is 0 Å². The molecule has 3 fully saturated rings. The van der Waals surface area contributed by atoms with Crippen molar-refractivity contribution in [2.45, 2.75) is 139 Å². The Kier molecular flexibility index (Phi) is 17.3. The smallest absolute Gasteiger partial charge is 0.409 e. The number of esters is 1. The van der Waals surface area contributed by atoms with Crippen LogP contribution in [0.5, 0.6) is 5.75 Å². The van der Waals surface area contributed by atoms with Gasteiger partial charge in [-0.05, 0) is 65.2 Å². The molecule has 0 aromatic heterocycles. The molecular formula is C45H61ClN4O14S2. The van der Waals surface area contributed by atoms with Crippen LogP contribution in [0.25, 0.3) is 0 Å². The third-order valence-electron chi connectivity index (χ3n) is 12.3. The molecule has 8 atom stereocenters. The number of ether oxygens (including phenoxy) is 5. The lowest BCUT2D eigenvalue weighted by Gasteiger charge is -2.42. The fourth-order valence-electron chi connectivity index (χ4n) is 7.98. The summed E-state index contributed by atoms with van der Waals surface area (Å²) in [7, 11) is 8.78. The van der Waals surface area contributed by atoms with Gasteiger partial charge in [-0.15, -0.1) is 5.06 Å². The van der Waals surface area contributed by atoms with Crippen molar-refractivity contribution in [3.05, 3.63) is 46.5 Å². The molecule has 0 aliphatic carbocycles. The number of fused-ring (bicyclic) bond motifs is 5. The second kappa shape index (κ2) is 21.7. The maximum Gasteiger partial charge on any atom is 0.409 e. The minimum atomic E-state index is -1.87. The van der Waals surface area contributed by atoms with Crippen molar-refractivity contribution in [3.63, 3.8) is 0 Å². The number of carbonyl (C=O) groups is 7. The van der Waals surface area contributed by atoms with E-state index in [0.29, 0.717) is 35.1 Å². The number of rotatable bonds is 14. The summed E-state index contributed by atoms with van der Waals surface area (Å²) in [4.78, 5) is 98.1.